The van der Waals surface area contributed by atoms with E-state index in [0.717, 1.165) is 85.2 Å². The summed E-state index contributed by atoms with van der Waals surface area (Å²) in [6.45, 7) is 10.9. The molecule has 0 fully saturated rings. The summed E-state index contributed by atoms with van der Waals surface area (Å²) in [6.07, 6.45) is 13.9. The highest BCUT2D eigenvalue weighted by atomic mass is 31.2. The molecule has 0 aliphatic rings. The number of rotatable bonds is 19. The Labute approximate surface area is 463 Å². The van der Waals surface area contributed by atoms with Crippen molar-refractivity contribution in [3.8, 4) is 44.5 Å². The minimum Gasteiger partial charge on any atom is -0.319 e. The number of hydrogen-bond donors (Lipinski definition) is 0. The molecule has 0 aliphatic carbocycles. The molecule has 1 atom stereocenters. The van der Waals surface area contributed by atoms with Gasteiger partial charge in [-0.3, -0.25) is 0 Å². The molecule has 11 rings (SSSR count). The third-order valence-electron chi connectivity index (χ3n) is 16.5. The van der Waals surface area contributed by atoms with Gasteiger partial charge in [-0.1, -0.05) is 215 Å². The fourth-order valence-electron chi connectivity index (χ4n) is 12.8. The van der Waals surface area contributed by atoms with E-state index < -0.39 is 14.3 Å². The summed E-state index contributed by atoms with van der Waals surface area (Å²) in [4.78, 5) is 0. The lowest BCUT2D eigenvalue weighted by Crippen LogP contribution is -2.12. The highest BCUT2D eigenvalue weighted by Gasteiger charge is 2.27. The van der Waals surface area contributed by atoms with Gasteiger partial charge in [0.1, 0.15) is 14.3 Å². The van der Waals surface area contributed by atoms with Gasteiger partial charge < -0.3 is 9.13 Å². The van der Waals surface area contributed by atoms with Crippen LogP contribution < -0.4 is 10.6 Å². The van der Waals surface area contributed by atoms with Crippen LogP contribution in [0.15, 0.2) is 206 Å². The van der Waals surface area contributed by atoms with E-state index in [9.17, 15) is 4.57 Å². The van der Waals surface area contributed by atoms with Gasteiger partial charge in [-0.2, -0.15) is 0 Å². The highest BCUT2D eigenvalue weighted by Crippen LogP contribution is 2.51. The largest absolute Gasteiger partial charge is 0.319 e. The van der Waals surface area contributed by atoms with Gasteiger partial charge in [0, 0.05) is 35.3 Å². The van der Waals surface area contributed by atoms with Crippen LogP contribution >= 0.6 is 14.3 Å². The molecule has 11 aromatic carbocycles. The third kappa shape index (κ3) is 10.3. The average Bonchev–Trinajstić information content (AvgIpc) is 3.48. The molecule has 0 heterocycles. The number of unbranched alkanes of at least 4 members (excludes halogenated alkanes) is 2. The van der Waals surface area contributed by atoms with Crippen molar-refractivity contribution in [3.63, 3.8) is 0 Å². The zero-order valence-electron chi connectivity index (χ0n) is 46.2. The molecule has 0 aromatic heterocycles. The van der Waals surface area contributed by atoms with E-state index in [4.69, 9.17) is 0 Å². The monoisotopic (exact) mass is 1050 g/mol. The van der Waals surface area contributed by atoms with Crippen molar-refractivity contribution in [1.29, 1.82) is 0 Å². The smallest absolute Gasteiger partial charge is 0.115 e. The number of benzene rings is 11. The van der Waals surface area contributed by atoms with Gasteiger partial charge in [-0.15, -0.1) is 0 Å². The van der Waals surface area contributed by atoms with E-state index >= 15 is 4.57 Å². The molecule has 1 unspecified atom stereocenters. The Kier molecular flexibility index (Phi) is 15.7. The first-order valence-electron chi connectivity index (χ1n) is 28.7. The summed E-state index contributed by atoms with van der Waals surface area (Å²) < 4.78 is 30.0. The third-order valence-corrected chi connectivity index (χ3v) is 23.4. The lowest BCUT2D eigenvalue weighted by atomic mass is 9.83. The Morgan fingerprint density at radius 2 is 0.821 bits per heavy atom. The van der Waals surface area contributed by atoms with Crippen molar-refractivity contribution >= 4 is 84.8 Å². The summed E-state index contributed by atoms with van der Waals surface area (Å²) in [5.41, 5.74) is 13.3. The zero-order chi connectivity index (χ0) is 53.8. The van der Waals surface area contributed by atoms with Gasteiger partial charge in [-0.05, 0) is 192 Å². The van der Waals surface area contributed by atoms with Crippen LogP contribution in [0.2, 0.25) is 0 Å². The molecule has 0 aliphatic heterocycles. The van der Waals surface area contributed by atoms with Crippen molar-refractivity contribution in [3.05, 3.63) is 223 Å². The molecule has 0 radical (unpaired) electrons. The van der Waals surface area contributed by atoms with Crippen molar-refractivity contribution < 1.29 is 9.13 Å². The van der Waals surface area contributed by atoms with Gasteiger partial charge in [0.2, 0.25) is 0 Å². The predicted octanol–water partition coefficient (Wildman–Crippen LogP) is 21.1. The first kappa shape index (κ1) is 52.9. The summed E-state index contributed by atoms with van der Waals surface area (Å²) in [5.74, 6) is 0. The Bertz CT molecular complexity index is 4090. The van der Waals surface area contributed by atoms with E-state index in [-0.39, 0.29) is 0 Å². The van der Waals surface area contributed by atoms with Gasteiger partial charge in [0.25, 0.3) is 0 Å². The second-order valence-corrected chi connectivity index (χ2v) is 28.1. The number of fused-ring (bicyclic) bond motifs is 5. The van der Waals surface area contributed by atoms with Crippen molar-refractivity contribution in [2.75, 3.05) is 24.6 Å². The second-order valence-electron chi connectivity index (χ2n) is 21.7. The van der Waals surface area contributed by atoms with Crippen molar-refractivity contribution in [2.45, 2.75) is 79.6 Å². The van der Waals surface area contributed by atoms with Crippen LogP contribution in [0, 0.1) is 6.92 Å². The van der Waals surface area contributed by atoms with Crippen LogP contribution in [-0.4, -0.2) is 24.6 Å². The topological polar surface area (TPSA) is 34.1 Å². The standard InChI is InChI=1S/C74H72O2P2/c1-6-10-45-78(76,63-30-22-28-58(51-63)73-67-33-15-17-35-69(67)74(70-36-18-16-34-68(70)73)60-42-39-54-25-11-12-26-56(54)48-60)46-20-19-24-53-37-38-55-40-41-59(49-61(55)47-53)71-52(5)64(23-7-2)72(66-32-14-13-31-65(66)71)57-27-21-29-62(50-57)77(75,43-8-3)44-9-4/h7,11-18,21-23,25-42,47-51H,6,8-10,19-20,24,43-46H2,1-5H3/b23-7-. The number of allylic oxidation sites excluding steroid dienone is 1. The normalized spacial score (nSPS) is 12.9. The minimum atomic E-state index is -2.73. The first-order chi connectivity index (χ1) is 38.1. The highest BCUT2D eigenvalue weighted by molar-refractivity contribution is 7.72. The zero-order valence-corrected chi connectivity index (χ0v) is 48.0. The summed E-state index contributed by atoms with van der Waals surface area (Å²) >= 11 is 0. The molecule has 0 saturated heterocycles. The van der Waals surface area contributed by atoms with Crippen molar-refractivity contribution in [1.82, 2.24) is 0 Å². The van der Waals surface area contributed by atoms with Crippen LogP contribution in [0.1, 0.15) is 82.9 Å². The lowest BCUT2D eigenvalue weighted by molar-refractivity contribution is 0.575. The number of hydrogen-bond acceptors (Lipinski definition) is 2. The molecule has 11 aromatic rings. The minimum absolute atomic E-state index is 0.703. The van der Waals surface area contributed by atoms with Crippen LogP contribution in [-0.2, 0) is 15.6 Å². The summed E-state index contributed by atoms with van der Waals surface area (Å²) in [7, 11) is -5.24. The van der Waals surface area contributed by atoms with E-state index in [1.807, 2.05) is 0 Å². The molecule has 0 bridgehead atoms. The molecular weight excluding hydrogens is 983 g/mol. The van der Waals surface area contributed by atoms with E-state index in [0.29, 0.717) is 6.16 Å². The maximum absolute atomic E-state index is 15.6. The SMILES string of the molecule is C/C=C\c1c(C)c(-c2ccc3ccc(CCCCP(=O)(CCCC)c4cccc(-c5c6ccccc6c(-c6ccc7ccccc7c6)c6ccccc56)c4)cc3c2)c2ccccc2c1-c1cccc(P(=O)(CCC)CCC)c1. The molecule has 0 amide bonds. The van der Waals surface area contributed by atoms with Gasteiger partial charge in [0.05, 0.1) is 0 Å². The molecule has 390 valence electrons. The fraction of sp³-hybridized carbons (Fsp3) is 0.216. The molecule has 0 N–H and O–H groups in total. The van der Waals surface area contributed by atoms with Crippen LogP contribution in [0.4, 0.5) is 0 Å². The molecule has 0 saturated carbocycles. The quantitative estimate of drug-likeness (QED) is 0.0459. The predicted molar refractivity (Wildman–Crippen MR) is 344 cm³/mol. The Morgan fingerprint density at radius 3 is 1.38 bits per heavy atom. The average molecular weight is 1060 g/mol. The molecule has 0 spiro atoms. The van der Waals surface area contributed by atoms with Crippen LogP contribution in [0.3, 0.4) is 0 Å². The van der Waals surface area contributed by atoms with Crippen LogP contribution in [0.25, 0.3) is 104 Å². The first-order valence-corrected chi connectivity index (χ1v) is 32.8. The molecular formula is C74H72O2P2. The van der Waals surface area contributed by atoms with E-state index in [1.165, 1.54) is 104 Å². The van der Waals surface area contributed by atoms with E-state index in [1.54, 1.807) is 0 Å². The summed E-state index contributed by atoms with van der Waals surface area (Å²) in [6, 6.07) is 73.3. The Morgan fingerprint density at radius 1 is 0.372 bits per heavy atom. The van der Waals surface area contributed by atoms with Crippen LogP contribution in [0.5, 0.6) is 0 Å². The lowest BCUT2D eigenvalue weighted by Gasteiger charge is -2.22. The maximum atomic E-state index is 15.6. The Balaban J connectivity index is 0.879. The van der Waals surface area contributed by atoms with Crippen molar-refractivity contribution in [2.24, 2.45) is 0 Å². The number of aryl methyl sites for hydroxylation is 1. The molecule has 4 heteroatoms. The molecule has 78 heavy (non-hydrogen) atoms. The maximum Gasteiger partial charge on any atom is 0.115 e. The van der Waals surface area contributed by atoms with E-state index in [2.05, 4.69) is 247 Å². The van der Waals surface area contributed by atoms with Gasteiger partial charge in [0.15, 0.2) is 0 Å². The van der Waals surface area contributed by atoms with Gasteiger partial charge in [-0.25, -0.2) is 0 Å². The molecule has 2 nitrogen and oxygen atoms in total. The van der Waals surface area contributed by atoms with Gasteiger partial charge >= 0.3 is 0 Å². The summed E-state index contributed by atoms with van der Waals surface area (Å²) in [5, 5.41) is 14.2. The Hall–Kier alpha value is -7.08. The second kappa shape index (κ2) is 23.1. The fourth-order valence-corrected chi connectivity index (χ4v) is 18.7.